The smallest absolute Gasteiger partial charge is 0.244 e. The molecule has 0 spiro atoms. The molecular formula is C22H24N4O4. The molecule has 30 heavy (non-hydrogen) atoms. The van der Waals surface area contributed by atoms with Crippen LogP contribution in [0.3, 0.4) is 0 Å². The molecule has 0 radical (unpaired) electrons. The Morgan fingerprint density at radius 1 is 1.03 bits per heavy atom. The van der Waals surface area contributed by atoms with Gasteiger partial charge in [-0.3, -0.25) is 4.79 Å². The van der Waals surface area contributed by atoms with Crippen molar-refractivity contribution < 1.29 is 19.0 Å². The Hall–Kier alpha value is -3.65. The van der Waals surface area contributed by atoms with Gasteiger partial charge in [0.2, 0.25) is 5.91 Å². The van der Waals surface area contributed by atoms with Gasteiger partial charge in [0.05, 0.1) is 26.3 Å². The van der Waals surface area contributed by atoms with Gasteiger partial charge in [0.1, 0.15) is 12.1 Å². The van der Waals surface area contributed by atoms with Crippen LogP contribution in [0.2, 0.25) is 0 Å². The fourth-order valence-corrected chi connectivity index (χ4v) is 2.80. The average Bonchev–Trinajstić information content (AvgIpc) is 2.78. The van der Waals surface area contributed by atoms with Crippen molar-refractivity contribution in [3.05, 3.63) is 54.4 Å². The molecule has 0 aliphatic rings. The number of nitrogens with zero attached hydrogens (tertiary/aromatic N) is 2. The summed E-state index contributed by atoms with van der Waals surface area (Å²) in [5, 5.41) is 6.85. The van der Waals surface area contributed by atoms with Gasteiger partial charge in [-0.15, -0.1) is 0 Å². The first-order valence-electron chi connectivity index (χ1n) is 9.33. The van der Waals surface area contributed by atoms with Gasteiger partial charge in [-0.2, -0.15) is 0 Å². The van der Waals surface area contributed by atoms with Crippen LogP contribution < -0.4 is 20.1 Å². The molecule has 2 aromatic carbocycles. The molecule has 2 N–H and O–H groups in total. The summed E-state index contributed by atoms with van der Waals surface area (Å²) in [5.74, 6) is 1.71. The highest BCUT2D eigenvalue weighted by Crippen LogP contribution is 2.34. The molecule has 8 heteroatoms. The van der Waals surface area contributed by atoms with Gasteiger partial charge in [0.15, 0.2) is 11.5 Å². The number of amides is 1. The number of carbonyl (C=O) groups excluding carboxylic acids is 1. The first kappa shape index (κ1) is 21.1. The topological polar surface area (TPSA) is 94.6 Å². The first-order valence-corrected chi connectivity index (χ1v) is 9.33. The lowest BCUT2D eigenvalue weighted by Crippen LogP contribution is -2.24. The minimum Gasteiger partial charge on any atom is -0.493 e. The third-order valence-electron chi connectivity index (χ3n) is 4.35. The van der Waals surface area contributed by atoms with Crippen LogP contribution in [0, 0.1) is 0 Å². The zero-order chi connectivity index (χ0) is 21.3. The van der Waals surface area contributed by atoms with E-state index in [0.717, 1.165) is 22.2 Å². The molecule has 0 aliphatic heterocycles. The minimum absolute atomic E-state index is 0.161. The highest BCUT2D eigenvalue weighted by atomic mass is 16.5. The fraction of sp³-hybridized carbons (Fsp3) is 0.227. The van der Waals surface area contributed by atoms with E-state index in [4.69, 9.17) is 14.2 Å². The summed E-state index contributed by atoms with van der Waals surface area (Å²) in [6, 6.07) is 11.3. The first-order chi connectivity index (χ1) is 14.6. The van der Waals surface area contributed by atoms with E-state index in [2.05, 4.69) is 20.6 Å². The van der Waals surface area contributed by atoms with Crippen molar-refractivity contribution in [1.29, 1.82) is 0 Å². The van der Waals surface area contributed by atoms with Gasteiger partial charge in [-0.1, -0.05) is 12.1 Å². The predicted molar refractivity (Wildman–Crippen MR) is 116 cm³/mol. The third kappa shape index (κ3) is 5.24. The van der Waals surface area contributed by atoms with Crippen molar-refractivity contribution in [3.8, 4) is 11.5 Å². The van der Waals surface area contributed by atoms with E-state index in [9.17, 15) is 4.79 Å². The third-order valence-corrected chi connectivity index (χ3v) is 4.35. The summed E-state index contributed by atoms with van der Waals surface area (Å²) in [6.07, 6.45) is 4.74. The number of carbonyl (C=O) groups is 1. The molecule has 0 fully saturated rings. The molecule has 0 saturated heterocycles. The van der Waals surface area contributed by atoms with E-state index in [-0.39, 0.29) is 5.91 Å². The van der Waals surface area contributed by atoms with Crippen molar-refractivity contribution in [2.75, 3.05) is 39.8 Å². The number of benzene rings is 2. The number of ether oxygens (including phenoxy) is 3. The van der Waals surface area contributed by atoms with Gasteiger partial charge in [0, 0.05) is 36.9 Å². The molecule has 0 unspecified atom stereocenters. The molecule has 3 rings (SSSR count). The minimum atomic E-state index is -0.161. The number of aromatic nitrogens is 2. The summed E-state index contributed by atoms with van der Waals surface area (Å²) < 4.78 is 15.6. The van der Waals surface area contributed by atoms with Crippen molar-refractivity contribution in [3.63, 3.8) is 0 Å². The lowest BCUT2D eigenvalue weighted by Gasteiger charge is -2.12. The average molecular weight is 408 g/mol. The van der Waals surface area contributed by atoms with Gasteiger partial charge in [-0.05, 0) is 29.8 Å². The SMILES string of the molecule is COCCNC(=O)/C=C/c1ccc(Nc2ncnc3cc(OC)c(OC)cc23)cc1. The zero-order valence-corrected chi connectivity index (χ0v) is 17.1. The van der Waals surface area contributed by atoms with Crippen LogP contribution in [-0.4, -0.2) is 50.4 Å². The molecular weight excluding hydrogens is 384 g/mol. The molecule has 0 aliphatic carbocycles. The lowest BCUT2D eigenvalue weighted by atomic mass is 10.1. The van der Waals surface area contributed by atoms with E-state index >= 15 is 0 Å². The van der Waals surface area contributed by atoms with E-state index in [1.165, 1.54) is 12.4 Å². The summed E-state index contributed by atoms with van der Waals surface area (Å²) in [5.41, 5.74) is 2.50. The van der Waals surface area contributed by atoms with Crippen LogP contribution in [-0.2, 0) is 9.53 Å². The van der Waals surface area contributed by atoms with E-state index in [0.29, 0.717) is 30.5 Å². The normalized spacial score (nSPS) is 10.9. The quantitative estimate of drug-likeness (QED) is 0.415. The standard InChI is InChI=1S/C22H24N4O4/c1-28-11-10-23-21(27)9-6-15-4-7-16(8-5-15)26-22-17-12-19(29-2)20(30-3)13-18(17)24-14-25-22/h4-9,12-14H,10-11H2,1-3H3,(H,23,27)(H,24,25,26)/b9-6+. The van der Waals surface area contributed by atoms with Crippen LogP contribution >= 0.6 is 0 Å². The Labute approximate surface area is 174 Å². The molecule has 1 heterocycles. The molecule has 0 saturated carbocycles. The summed E-state index contributed by atoms with van der Waals surface area (Å²) >= 11 is 0. The number of hydrogen-bond donors (Lipinski definition) is 2. The second-order valence-electron chi connectivity index (χ2n) is 6.31. The van der Waals surface area contributed by atoms with Crippen molar-refractivity contribution in [2.45, 2.75) is 0 Å². The number of anilines is 2. The summed E-state index contributed by atoms with van der Waals surface area (Å²) in [7, 11) is 4.77. The second-order valence-corrected chi connectivity index (χ2v) is 6.31. The molecule has 1 aromatic heterocycles. The van der Waals surface area contributed by atoms with Crippen molar-refractivity contribution >= 4 is 34.4 Å². The van der Waals surface area contributed by atoms with E-state index in [1.54, 1.807) is 27.4 Å². The second kappa shape index (κ2) is 10.2. The summed E-state index contributed by atoms with van der Waals surface area (Å²) in [6.45, 7) is 0.961. The van der Waals surface area contributed by atoms with Crippen LogP contribution in [0.1, 0.15) is 5.56 Å². The molecule has 3 aromatic rings. The number of methoxy groups -OCH3 is 3. The van der Waals surface area contributed by atoms with Crippen LogP contribution in [0.5, 0.6) is 11.5 Å². The fourth-order valence-electron chi connectivity index (χ4n) is 2.80. The highest BCUT2D eigenvalue weighted by molar-refractivity contribution is 5.93. The molecule has 0 bridgehead atoms. The van der Waals surface area contributed by atoms with Crippen LogP contribution in [0.25, 0.3) is 17.0 Å². The van der Waals surface area contributed by atoms with E-state index < -0.39 is 0 Å². The molecule has 0 atom stereocenters. The van der Waals surface area contributed by atoms with Gasteiger partial charge in [-0.25, -0.2) is 9.97 Å². The van der Waals surface area contributed by atoms with Crippen molar-refractivity contribution in [2.24, 2.45) is 0 Å². The Balaban J connectivity index is 1.74. The summed E-state index contributed by atoms with van der Waals surface area (Å²) in [4.78, 5) is 20.4. The lowest BCUT2D eigenvalue weighted by molar-refractivity contribution is -0.116. The predicted octanol–water partition coefficient (Wildman–Crippen LogP) is 3.17. The number of fused-ring (bicyclic) bond motifs is 1. The van der Waals surface area contributed by atoms with Gasteiger partial charge in [0.25, 0.3) is 0 Å². The Morgan fingerprint density at radius 3 is 2.47 bits per heavy atom. The van der Waals surface area contributed by atoms with Crippen LogP contribution in [0.4, 0.5) is 11.5 Å². The molecule has 1 amide bonds. The van der Waals surface area contributed by atoms with E-state index in [1.807, 2.05) is 36.4 Å². The van der Waals surface area contributed by atoms with Gasteiger partial charge < -0.3 is 24.8 Å². The van der Waals surface area contributed by atoms with Crippen LogP contribution in [0.15, 0.2) is 48.8 Å². The maximum absolute atomic E-state index is 11.7. The Morgan fingerprint density at radius 2 is 1.77 bits per heavy atom. The largest absolute Gasteiger partial charge is 0.493 e. The number of hydrogen-bond acceptors (Lipinski definition) is 7. The molecule has 8 nitrogen and oxygen atoms in total. The maximum Gasteiger partial charge on any atom is 0.244 e. The Kier molecular flexibility index (Phi) is 7.18. The molecule has 156 valence electrons. The maximum atomic E-state index is 11.7. The highest BCUT2D eigenvalue weighted by Gasteiger charge is 2.11. The number of rotatable bonds is 9. The van der Waals surface area contributed by atoms with Gasteiger partial charge >= 0.3 is 0 Å². The van der Waals surface area contributed by atoms with Crippen molar-refractivity contribution in [1.82, 2.24) is 15.3 Å². The monoisotopic (exact) mass is 408 g/mol. The zero-order valence-electron chi connectivity index (χ0n) is 17.1. The number of nitrogens with one attached hydrogen (secondary N) is 2. The Bertz CT molecular complexity index is 1040.